The van der Waals surface area contributed by atoms with Gasteiger partial charge in [0, 0.05) is 23.9 Å². The first-order chi connectivity index (χ1) is 13.1. The number of benzene rings is 3. The zero-order valence-corrected chi connectivity index (χ0v) is 14.9. The average molecular weight is 379 g/mol. The number of nitro benzene ring substituents is 1. The molecule has 1 heterocycles. The summed E-state index contributed by atoms with van der Waals surface area (Å²) in [6, 6.07) is 19.7. The van der Waals surface area contributed by atoms with E-state index in [4.69, 9.17) is 0 Å². The molecule has 0 saturated heterocycles. The van der Waals surface area contributed by atoms with Crippen molar-refractivity contribution in [1.82, 2.24) is 4.98 Å². The maximum Gasteiger partial charge on any atom is 0.305 e. The molecule has 5 nitrogen and oxygen atoms in total. The van der Waals surface area contributed by atoms with Crippen LogP contribution in [0.15, 0.2) is 66.7 Å². The normalized spacial score (nSPS) is 10.9. The first-order valence-corrected chi connectivity index (χ1v) is 9.04. The van der Waals surface area contributed by atoms with Crippen LogP contribution in [0.25, 0.3) is 20.8 Å². The molecule has 27 heavy (non-hydrogen) atoms. The Labute approximate surface area is 158 Å². The van der Waals surface area contributed by atoms with E-state index in [1.807, 2.05) is 48.5 Å². The van der Waals surface area contributed by atoms with Crippen molar-refractivity contribution >= 4 is 32.9 Å². The highest BCUT2D eigenvalue weighted by atomic mass is 32.1. The topological polar surface area (TPSA) is 68.1 Å². The largest absolute Gasteiger partial charge is 0.381 e. The zero-order valence-electron chi connectivity index (χ0n) is 14.1. The molecule has 4 aromatic rings. The van der Waals surface area contributed by atoms with Crippen LogP contribution >= 0.6 is 11.3 Å². The lowest BCUT2D eigenvalue weighted by atomic mass is 10.1. The van der Waals surface area contributed by atoms with Crippen LogP contribution in [0.3, 0.4) is 0 Å². The number of hydrogen-bond donors (Lipinski definition) is 1. The third-order valence-corrected chi connectivity index (χ3v) is 5.19. The number of nitrogens with one attached hydrogen (secondary N) is 1. The molecule has 1 N–H and O–H groups in total. The zero-order chi connectivity index (χ0) is 18.8. The Bertz CT molecular complexity index is 1110. The number of rotatable bonds is 5. The molecule has 0 aliphatic heterocycles. The van der Waals surface area contributed by atoms with Gasteiger partial charge in [0.25, 0.3) is 0 Å². The Morgan fingerprint density at radius 2 is 1.93 bits per heavy atom. The Hall–Kier alpha value is -3.32. The lowest BCUT2D eigenvalue weighted by Gasteiger charge is -2.08. The quantitative estimate of drug-likeness (QED) is 0.361. The van der Waals surface area contributed by atoms with Gasteiger partial charge in [0.05, 0.1) is 15.1 Å². The first kappa shape index (κ1) is 17.1. The molecule has 0 atom stereocenters. The van der Waals surface area contributed by atoms with Crippen molar-refractivity contribution in [3.8, 4) is 10.6 Å². The number of aromatic nitrogens is 1. The molecule has 0 bridgehead atoms. The lowest BCUT2D eigenvalue weighted by molar-refractivity contribution is -0.387. The van der Waals surface area contributed by atoms with E-state index in [2.05, 4.69) is 10.3 Å². The van der Waals surface area contributed by atoms with Gasteiger partial charge in [-0.1, -0.05) is 30.3 Å². The minimum absolute atomic E-state index is 0.352. The molecule has 0 aliphatic carbocycles. The van der Waals surface area contributed by atoms with Crippen LogP contribution in [-0.2, 0) is 6.54 Å². The minimum atomic E-state index is -0.832. The molecule has 134 valence electrons. The predicted molar refractivity (Wildman–Crippen MR) is 105 cm³/mol. The third kappa shape index (κ3) is 3.63. The van der Waals surface area contributed by atoms with Crippen LogP contribution in [0, 0.1) is 15.9 Å². The number of fused-ring (bicyclic) bond motifs is 1. The second-order valence-electron chi connectivity index (χ2n) is 5.96. The van der Waals surface area contributed by atoms with Crippen molar-refractivity contribution in [3.63, 3.8) is 0 Å². The summed E-state index contributed by atoms with van der Waals surface area (Å²) in [7, 11) is 0. The Balaban J connectivity index is 1.55. The summed E-state index contributed by atoms with van der Waals surface area (Å²) < 4.78 is 14.6. The van der Waals surface area contributed by atoms with Crippen LogP contribution in [0.1, 0.15) is 5.56 Å². The fourth-order valence-corrected chi connectivity index (χ4v) is 3.73. The summed E-state index contributed by atoms with van der Waals surface area (Å²) in [6.45, 7) is 0.352. The van der Waals surface area contributed by atoms with Crippen LogP contribution in [0.5, 0.6) is 0 Å². The molecule has 4 rings (SSSR count). The molecule has 0 spiro atoms. The van der Waals surface area contributed by atoms with Crippen molar-refractivity contribution in [1.29, 1.82) is 0 Å². The second kappa shape index (κ2) is 7.13. The Morgan fingerprint density at radius 3 is 2.74 bits per heavy atom. The van der Waals surface area contributed by atoms with E-state index in [0.29, 0.717) is 12.1 Å². The van der Waals surface area contributed by atoms with Crippen molar-refractivity contribution in [2.45, 2.75) is 6.54 Å². The van der Waals surface area contributed by atoms with Gasteiger partial charge in [-0.25, -0.2) is 4.98 Å². The maximum atomic E-state index is 13.4. The highest BCUT2D eigenvalue weighted by Crippen LogP contribution is 2.31. The van der Waals surface area contributed by atoms with E-state index in [0.717, 1.165) is 32.5 Å². The third-order valence-electron chi connectivity index (χ3n) is 4.11. The first-order valence-electron chi connectivity index (χ1n) is 8.23. The number of nitrogens with zero attached hydrogens (tertiary/aromatic N) is 2. The molecule has 0 radical (unpaired) electrons. The molecule has 0 fully saturated rings. The Morgan fingerprint density at radius 1 is 1.07 bits per heavy atom. The number of para-hydroxylation sites is 1. The summed E-state index contributed by atoms with van der Waals surface area (Å²) in [6.07, 6.45) is 0. The second-order valence-corrected chi connectivity index (χ2v) is 6.99. The summed E-state index contributed by atoms with van der Waals surface area (Å²) in [4.78, 5) is 14.8. The standard InChI is InChI=1S/C20H14FN3O2S/c21-16-9-8-13(10-18(16)24(25)26)12-22-15-5-3-4-14(11-15)20-23-17-6-1-2-7-19(17)27-20/h1-11,22H,12H2. The number of thiazole rings is 1. The molecule has 0 aliphatic rings. The summed E-state index contributed by atoms with van der Waals surface area (Å²) in [5.74, 6) is -0.832. The molecule has 0 unspecified atom stereocenters. The fourth-order valence-electron chi connectivity index (χ4n) is 2.77. The summed E-state index contributed by atoms with van der Waals surface area (Å²) in [5, 5.41) is 15.0. The van der Waals surface area contributed by atoms with Gasteiger partial charge in [-0.2, -0.15) is 4.39 Å². The Kier molecular flexibility index (Phi) is 4.52. The summed E-state index contributed by atoms with van der Waals surface area (Å²) in [5.41, 5.74) is 2.94. The number of anilines is 1. The van der Waals surface area contributed by atoms with Crippen molar-refractivity contribution in [3.05, 3.63) is 88.2 Å². The van der Waals surface area contributed by atoms with E-state index in [9.17, 15) is 14.5 Å². The molecule has 7 heteroatoms. The van der Waals surface area contributed by atoms with E-state index in [-0.39, 0.29) is 0 Å². The van der Waals surface area contributed by atoms with E-state index in [1.54, 1.807) is 11.3 Å². The van der Waals surface area contributed by atoms with Gasteiger partial charge in [0.2, 0.25) is 5.82 Å². The highest BCUT2D eigenvalue weighted by Gasteiger charge is 2.14. The molecule has 0 saturated carbocycles. The molecular formula is C20H14FN3O2S. The van der Waals surface area contributed by atoms with Crippen LogP contribution < -0.4 is 5.32 Å². The van der Waals surface area contributed by atoms with Gasteiger partial charge in [-0.05, 0) is 35.9 Å². The average Bonchev–Trinajstić information content (AvgIpc) is 3.12. The van der Waals surface area contributed by atoms with Crippen LogP contribution in [0.4, 0.5) is 15.8 Å². The highest BCUT2D eigenvalue weighted by molar-refractivity contribution is 7.21. The van der Waals surface area contributed by atoms with Gasteiger partial charge >= 0.3 is 5.69 Å². The van der Waals surface area contributed by atoms with Crippen molar-refractivity contribution in [2.24, 2.45) is 0 Å². The lowest BCUT2D eigenvalue weighted by Crippen LogP contribution is -2.01. The number of halogens is 1. The SMILES string of the molecule is O=[N+]([O-])c1cc(CNc2cccc(-c3nc4ccccc4s3)c2)ccc1F. The van der Waals surface area contributed by atoms with Gasteiger partial charge in [-0.15, -0.1) is 11.3 Å². The molecule has 3 aromatic carbocycles. The predicted octanol–water partition coefficient (Wildman–Crippen LogP) is 5.62. The molecule has 1 aromatic heterocycles. The minimum Gasteiger partial charge on any atom is -0.381 e. The van der Waals surface area contributed by atoms with Gasteiger partial charge in [-0.3, -0.25) is 10.1 Å². The number of hydrogen-bond acceptors (Lipinski definition) is 5. The van der Waals surface area contributed by atoms with Crippen LogP contribution in [-0.4, -0.2) is 9.91 Å². The van der Waals surface area contributed by atoms with Gasteiger partial charge < -0.3 is 5.32 Å². The smallest absolute Gasteiger partial charge is 0.305 e. The van der Waals surface area contributed by atoms with Crippen molar-refractivity contribution < 1.29 is 9.31 Å². The molecular weight excluding hydrogens is 365 g/mol. The van der Waals surface area contributed by atoms with Crippen LogP contribution in [0.2, 0.25) is 0 Å². The number of nitro groups is 1. The van der Waals surface area contributed by atoms with E-state index >= 15 is 0 Å². The fraction of sp³-hybridized carbons (Fsp3) is 0.0500. The maximum absolute atomic E-state index is 13.4. The monoisotopic (exact) mass is 379 g/mol. The van der Waals surface area contributed by atoms with Gasteiger partial charge in [0.1, 0.15) is 5.01 Å². The van der Waals surface area contributed by atoms with E-state index in [1.165, 1.54) is 12.1 Å². The van der Waals surface area contributed by atoms with E-state index < -0.39 is 16.4 Å². The van der Waals surface area contributed by atoms with Crippen molar-refractivity contribution in [2.75, 3.05) is 5.32 Å². The van der Waals surface area contributed by atoms with Gasteiger partial charge in [0.15, 0.2) is 0 Å². The molecule has 0 amide bonds. The summed E-state index contributed by atoms with van der Waals surface area (Å²) >= 11 is 1.62.